The van der Waals surface area contributed by atoms with Crippen LogP contribution in [0.5, 0.6) is 11.5 Å². The number of hydrogen-bond donors (Lipinski definition) is 0. The average molecular weight is 352 g/mol. The Morgan fingerprint density at radius 3 is 1.96 bits per heavy atom. The fourth-order valence-corrected chi connectivity index (χ4v) is 3.10. The molecule has 26 heavy (non-hydrogen) atoms. The van der Waals surface area contributed by atoms with Crippen molar-refractivity contribution in [2.45, 2.75) is 18.3 Å². The van der Waals surface area contributed by atoms with Crippen molar-refractivity contribution in [2.24, 2.45) is 0 Å². The van der Waals surface area contributed by atoms with Gasteiger partial charge in [0.15, 0.2) is 23.1 Å². The van der Waals surface area contributed by atoms with Crippen molar-refractivity contribution in [2.75, 3.05) is 14.2 Å². The highest BCUT2D eigenvalue weighted by Crippen LogP contribution is 2.55. The van der Waals surface area contributed by atoms with Crippen molar-refractivity contribution < 1.29 is 13.9 Å². The summed E-state index contributed by atoms with van der Waals surface area (Å²) in [6.45, 7) is 0. The van der Waals surface area contributed by atoms with Crippen molar-refractivity contribution in [3.8, 4) is 23.1 Å². The molecule has 1 aromatic carbocycles. The van der Waals surface area contributed by atoms with Gasteiger partial charge in [-0.15, -0.1) is 0 Å². The third-order valence-electron chi connectivity index (χ3n) is 4.55. The molecule has 0 radical (unpaired) electrons. The molecule has 7 heteroatoms. The van der Waals surface area contributed by atoms with Crippen LogP contribution in [0.2, 0.25) is 0 Å². The Labute approximate surface area is 150 Å². The molecule has 4 rings (SSSR count). The molecule has 1 fully saturated rings. The van der Waals surface area contributed by atoms with Gasteiger partial charge in [0.05, 0.1) is 14.2 Å². The molecule has 0 bridgehead atoms. The van der Waals surface area contributed by atoms with Gasteiger partial charge >= 0.3 is 0 Å². The molecule has 1 aliphatic rings. The van der Waals surface area contributed by atoms with Crippen LogP contribution in [0.1, 0.15) is 29.4 Å². The van der Waals surface area contributed by atoms with E-state index in [2.05, 4.69) is 19.9 Å². The van der Waals surface area contributed by atoms with Gasteiger partial charge in [-0.05, 0) is 47.6 Å². The molecule has 2 aromatic heterocycles. The first kappa shape index (κ1) is 16.4. The van der Waals surface area contributed by atoms with Crippen molar-refractivity contribution in [3.05, 3.63) is 59.9 Å². The van der Waals surface area contributed by atoms with Gasteiger partial charge in [0, 0.05) is 24.8 Å². The molecule has 6 nitrogen and oxygen atoms in total. The SMILES string of the molecule is COc1cc([C@@H]2C[C@H]2c2cnc(-c3ncccn3)nc2)cc(OC)c1F. The van der Waals surface area contributed by atoms with Gasteiger partial charge in [0.1, 0.15) is 0 Å². The number of methoxy groups -OCH3 is 2. The lowest BCUT2D eigenvalue weighted by Gasteiger charge is -2.10. The molecule has 2 heterocycles. The fraction of sp³-hybridized carbons (Fsp3) is 0.263. The molecule has 1 saturated carbocycles. The van der Waals surface area contributed by atoms with Crippen LogP contribution in [0.25, 0.3) is 11.6 Å². The molecule has 0 amide bonds. The normalized spacial score (nSPS) is 18.4. The number of nitrogens with zero attached hydrogens (tertiary/aromatic N) is 4. The van der Waals surface area contributed by atoms with E-state index in [0.717, 1.165) is 17.5 Å². The van der Waals surface area contributed by atoms with Crippen molar-refractivity contribution in [1.82, 2.24) is 19.9 Å². The quantitative estimate of drug-likeness (QED) is 0.701. The summed E-state index contributed by atoms with van der Waals surface area (Å²) in [6.07, 6.45) is 7.88. The first-order valence-corrected chi connectivity index (χ1v) is 8.22. The Hall–Kier alpha value is -3.09. The van der Waals surface area contributed by atoms with E-state index in [1.807, 2.05) is 0 Å². The first-order valence-electron chi connectivity index (χ1n) is 8.22. The molecule has 0 aliphatic heterocycles. The van der Waals surface area contributed by atoms with E-state index in [1.165, 1.54) is 14.2 Å². The van der Waals surface area contributed by atoms with Gasteiger partial charge in [0.25, 0.3) is 0 Å². The first-order chi connectivity index (χ1) is 12.7. The van der Waals surface area contributed by atoms with Crippen molar-refractivity contribution in [1.29, 1.82) is 0 Å². The fourth-order valence-electron chi connectivity index (χ4n) is 3.10. The lowest BCUT2D eigenvalue weighted by atomic mass is 10.1. The third-order valence-corrected chi connectivity index (χ3v) is 4.55. The zero-order valence-electron chi connectivity index (χ0n) is 14.4. The van der Waals surface area contributed by atoms with Gasteiger partial charge in [-0.1, -0.05) is 0 Å². The summed E-state index contributed by atoms with van der Waals surface area (Å²) in [6, 6.07) is 5.21. The van der Waals surface area contributed by atoms with E-state index in [4.69, 9.17) is 9.47 Å². The van der Waals surface area contributed by atoms with Gasteiger partial charge < -0.3 is 9.47 Å². The molecule has 2 atom stereocenters. The van der Waals surface area contributed by atoms with E-state index < -0.39 is 5.82 Å². The molecular formula is C19H17FN4O2. The lowest BCUT2D eigenvalue weighted by molar-refractivity contribution is 0.349. The summed E-state index contributed by atoms with van der Waals surface area (Å²) in [7, 11) is 2.90. The predicted molar refractivity (Wildman–Crippen MR) is 92.7 cm³/mol. The molecule has 3 aromatic rings. The van der Waals surface area contributed by atoms with E-state index in [-0.39, 0.29) is 17.4 Å². The number of ether oxygens (including phenoxy) is 2. The van der Waals surface area contributed by atoms with Crippen LogP contribution in [0.3, 0.4) is 0 Å². The number of benzene rings is 1. The van der Waals surface area contributed by atoms with E-state index in [9.17, 15) is 4.39 Å². The summed E-state index contributed by atoms with van der Waals surface area (Å²) in [5, 5.41) is 0. The van der Waals surface area contributed by atoms with Crippen LogP contribution in [0.4, 0.5) is 4.39 Å². The molecular weight excluding hydrogens is 335 g/mol. The second-order valence-corrected chi connectivity index (χ2v) is 6.10. The zero-order chi connectivity index (χ0) is 18.1. The number of halogens is 1. The van der Waals surface area contributed by atoms with Crippen LogP contribution in [-0.4, -0.2) is 34.2 Å². The summed E-state index contributed by atoms with van der Waals surface area (Å²) in [5.41, 5.74) is 2.03. The standard InChI is InChI=1S/C19H17FN4O2/c1-25-15-6-11(7-16(26-2)17(15)20)13-8-14(13)12-9-23-19(24-10-12)18-21-4-3-5-22-18/h3-7,9-10,13-14H,8H2,1-2H3/t13-,14-/m0/s1. The van der Waals surface area contributed by atoms with Crippen LogP contribution in [-0.2, 0) is 0 Å². The van der Waals surface area contributed by atoms with Gasteiger partial charge in [-0.3, -0.25) is 0 Å². The Morgan fingerprint density at radius 2 is 1.38 bits per heavy atom. The topological polar surface area (TPSA) is 70.0 Å². The zero-order valence-corrected chi connectivity index (χ0v) is 14.4. The smallest absolute Gasteiger partial charge is 0.206 e. The number of hydrogen-bond acceptors (Lipinski definition) is 6. The van der Waals surface area contributed by atoms with Gasteiger partial charge in [-0.2, -0.15) is 4.39 Å². The second kappa shape index (κ2) is 6.67. The predicted octanol–water partition coefficient (Wildman–Crippen LogP) is 3.36. The maximum absolute atomic E-state index is 14.1. The van der Waals surface area contributed by atoms with Crippen LogP contribution in [0.15, 0.2) is 43.0 Å². The van der Waals surface area contributed by atoms with Crippen LogP contribution < -0.4 is 9.47 Å². The highest BCUT2D eigenvalue weighted by molar-refractivity contribution is 5.47. The summed E-state index contributed by atoms with van der Waals surface area (Å²) in [5.74, 6) is 1.46. The monoisotopic (exact) mass is 352 g/mol. The minimum Gasteiger partial charge on any atom is -0.494 e. The van der Waals surface area contributed by atoms with Gasteiger partial charge in [0.2, 0.25) is 5.82 Å². The maximum Gasteiger partial charge on any atom is 0.206 e. The highest BCUT2D eigenvalue weighted by atomic mass is 19.1. The second-order valence-electron chi connectivity index (χ2n) is 6.10. The molecule has 0 N–H and O–H groups in total. The largest absolute Gasteiger partial charge is 0.494 e. The van der Waals surface area contributed by atoms with Crippen molar-refractivity contribution in [3.63, 3.8) is 0 Å². The third kappa shape index (κ3) is 2.96. The van der Waals surface area contributed by atoms with Crippen LogP contribution in [0, 0.1) is 5.82 Å². The summed E-state index contributed by atoms with van der Waals surface area (Å²) >= 11 is 0. The number of aromatic nitrogens is 4. The minimum absolute atomic E-state index is 0.192. The van der Waals surface area contributed by atoms with Crippen LogP contribution >= 0.6 is 0 Å². The lowest BCUT2D eigenvalue weighted by Crippen LogP contribution is -1.97. The Bertz CT molecular complexity index is 894. The summed E-state index contributed by atoms with van der Waals surface area (Å²) in [4.78, 5) is 17.0. The highest BCUT2D eigenvalue weighted by Gasteiger charge is 2.41. The molecule has 0 saturated heterocycles. The van der Waals surface area contributed by atoms with Crippen molar-refractivity contribution >= 4 is 0 Å². The Morgan fingerprint density at radius 1 is 0.846 bits per heavy atom. The maximum atomic E-state index is 14.1. The molecule has 132 valence electrons. The number of rotatable bonds is 5. The molecule has 0 unspecified atom stereocenters. The van der Waals surface area contributed by atoms with Gasteiger partial charge in [-0.25, -0.2) is 19.9 Å². The Kier molecular flexibility index (Phi) is 4.20. The average Bonchev–Trinajstić information content (AvgIpc) is 3.50. The molecule has 0 spiro atoms. The van der Waals surface area contributed by atoms with E-state index >= 15 is 0 Å². The van der Waals surface area contributed by atoms with E-state index in [1.54, 1.807) is 43.0 Å². The minimum atomic E-state index is -0.480. The molecule has 1 aliphatic carbocycles. The van der Waals surface area contributed by atoms with E-state index in [0.29, 0.717) is 17.6 Å². The Balaban J connectivity index is 1.55. The summed E-state index contributed by atoms with van der Waals surface area (Å²) < 4.78 is 24.3.